The summed E-state index contributed by atoms with van der Waals surface area (Å²) in [5.74, 6) is 7.41. The number of carbonyl (C=O) groups is 1. The molecule has 0 radical (unpaired) electrons. The first-order chi connectivity index (χ1) is 10.5. The molecule has 0 saturated carbocycles. The first-order valence-corrected chi connectivity index (χ1v) is 8.35. The Morgan fingerprint density at radius 3 is 2.18 bits per heavy atom. The standard InChI is InChI=1S/C10H21NO3.C8H14/c1-10(2)3-5-13-7-8-14-6-4-11-9-12;1-4-5-6-7-8(2)3/h9-10H,3-8H2,1-2H3,(H,11,12);8H,4-5H2,1-3H3. The topological polar surface area (TPSA) is 47.6 Å². The average molecular weight is 313 g/mol. The maximum Gasteiger partial charge on any atom is 0.207 e. The zero-order chi connectivity index (χ0) is 17.1. The van der Waals surface area contributed by atoms with E-state index in [4.69, 9.17) is 9.47 Å². The zero-order valence-corrected chi connectivity index (χ0v) is 15.1. The third-order valence-electron chi connectivity index (χ3n) is 2.45. The van der Waals surface area contributed by atoms with Crippen LogP contribution in [-0.4, -0.2) is 39.4 Å². The molecule has 0 aliphatic carbocycles. The van der Waals surface area contributed by atoms with Gasteiger partial charge in [0.15, 0.2) is 0 Å². The van der Waals surface area contributed by atoms with Crippen LogP contribution in [0.2, 0.25) is 0 Å². The summed E-state index contributed by atoms with van der Waals surface area (Å²) in [6, 6.07) is 0. The van der Waals surface area contributed by atoms with Gasteiger partial charge in [0, 0.05) is 25.5 Å². The second-order valence-corrected chi connectivity index (χ2v) is 5.71. The number of amides is 1. The highest BCUT2D eigenvalue weighted by atomic mass is 16.5. The van der Waals surface area contributed by atoms with Crippen molar-refractivity contribution in [2.24, 2.45) is 11.8 Å². The maximum atomic E-state index is 9.85. The summed E-state index contributed by atoms with van der Waals surface area (Å²) in [7, 11) is 0. The van der Waals surface area contributed by atoms with Crippen molar-refractivity contribution >= 4 is 6.41 Å². The Kier molecular flexibility index (Phi) is 21.1. The predicted molar refractivity (Wildman–Crippen MR) is 92.7 cm³/mol. The number of hydrogen-bond donors (Lipinski definition) is 1. The molecule has 0 spiro atoms. The molecular weight excluding hydrogens is 278 g/mol. The summed E-state index contributed by atoms with van der Waals surface area (Å²) in [6.45, 7) is 13.9. The van der Waals surface area contributed by atoms with Crippen molar-refractivity contribution in [3.05, 3.63) is 0 Å². The van der Waals surface area contributed by atoms with E-state index in [0.717, 1.165) is 19.4 Å². The highest BCUT2D eigenvalue weighted by molar-refractivity contribution is 5.45. The molecule has 0 aliphatic heterocycles. The summed E-state index contributed by atoms with van der Waals surface area (Å²) in [5.41, 5.74) is 0. The minimum Gasteiger partial charge on any atom is -0.379 e. The Balaban J connectivity index is 0. The van der Waals surface area contributed by atoms with Gasteiger partial charge in [-0.15, -0.1) is 11.8 Å². The molecule has 0 aromatic carbocycles. The van der Waals surface area contributed by atoms with E-state index in [0.29, 0.717) is 44.6 Å². The van der Waals surface area contributed by atoms with Crippen molar-refractivity contribution in [1.29, 1.82) is 0 Å². The Labute approximate surface area is 137 Å². The smallest absolute Gasteiger partial charge is 0.207 e. The molecule has 0 aromatic heterocycles. The molecule has 0 atom stereocenters. The molecule has 0 rings (SSSR count). The number of rotatable bonds is 11. The average Bonchev–Trinajstić information content (AvgIpc) is 2.46. The van der Waals surface area contributed by atoms with Crippen LogP contribution < -0.4 is 5.32 Å². The summed E-state index contributed by atoms with van der Waals surface area (Å²) in [6.07, 6.45) is 3.99. The van der Waals surface area contributed by atoms with E-state index in [2.05, 4.69) is 51.8 Å². The SMILES string of the molecule is CC(C)CCOCCOCCNC=O.CCCC#CC(C)C. The van der Waals surface area contributed by atoms with E-state index in [-0.39, 0.29) is 0 Å². The van der Waals surface area contributed by atoms with Crippen LogP contribution in [0.25, 0.3) is 0 Å². The number of ether oxygens (including phenoxy) is 2. The summed E-state index contributed by atoms with van der Waals surface area (Å²) >= 11 is 0. The maximum absolute atomic E-state index is 9.85. The molecule has 0 bridgehead atoms. The molecule has 4 nitrogen and oxygen atoms in total. The van der Waals surface area contributed by atoms with E-state index in [1.54, 1.807) is 0 Å². The largest absolute Gasteiger partial charge is 0.379 e. The number of hydrogen-bond acceptors (Lipinski definition) is 3. The lowest BCUT2D eigenvalue weighted by Gasteiger charge is -2.06. The third kappa shape index (κ3) is 27.3. The van der Waals surface area contributed by atoms with Crippen molar-refractivity contribution < 1.29 is 14.3 Å². The van der Waals surface area contributed by atoms with Crippen LogP contribution in [0.15, 0.2) is 0 Å². The molecule has 0 aromatic rings. The Morgan fingerprint density at radius 1 is 1.05 bits per heavy atom. The molecule has 1 amide bonds. The lowest BCUT2D eigenvalue weighted by molar-refractivity contribution is -0.109. The van der Waals surface area contributed by atoms with Crippen molar-refractivity contribution in [2.75, 3.05) is 33.0 Å². The first-order valence-electron chi connectivity index (χ1n) is 8.35. The summed E-state index contributed by atoms with van der Waals surface area (Å²) < 4.78 is 10.5. The van der Waals surface area contributed by atoms with Crippen LogP contribution in [0.3, 0.4) is 0 Å². The molecule has 0 aliphatic rings. The van der Waals surface area contributed by atoms with E-state index in [1.807, 2.05) is 0 Å². The van der Waals surface area contributed by atoms with Gasteiger partial charge in [0.25, 0.3) is 0 Å². The van der Waals surface area contributed by atoms with Gasteiger partial charge in [0.2, 0.25) is 6.41 Å². The molecular formula is C18H35NO3. The monoisotopic (exact) mass is 313 g/mol. The van der Waals surface area contributed by atoms with Crippen LogP contribution in [0.5, 0.6) is 0 Å². The molecule has 0 unspecified atom stereocenters. The second kappa shape index (κ2) is 19.9. The van der Waals surface area contributed by atoms with Gasteiger partial charge in [0.05, 0.1) is 19.8 Å². The van der Waals surface area contributed by atoms with Crippen LogP contribution >= 0.6 is 0 Å². The van der Waals surface area contributed by atoms with Crippen molar-refractivity contribution in [1.82, 2.24) is 5.32 Å². The number of unbranched alkanes of at least 4 members (excludes halogenated alkanes) is 1. The lowest BCUT2D eigenvalue weighted by Crippen LogP contribution is -2.18. The van der Waals surface area contributed by atoms with E-state index in [9.17, 15) is 4.79 Å². The van der Waals surface area contributed by atoms with Crippen molar-refractivity contribution in [2.45, 2.75) is 53.9 Å². The van der Waals surface area contributed by atoms with Crippen LogP contribution in [0.4, 0.5) is 0 Å². The van der Waals surface area contributed by atoms with Gasteiger partial charge in [-0.25, -0.2) is 0 Å². The molecule has 0 fully saturated rings. The predicted octanol–water partition coefficient (Wildman–Crippen LogP) is 3.26. The van der Waals surface area contributed by atoms with Crippen LogP contribution in [0, 0.1) is 23.7 Å². The van der Waals surface area contributed by atoms with Gasteiger partial charge < -0.3 is 14.8 Å². The molecule has 0 saturated heterocycles. The highest BCUT2D eigenvalue weighted by Crippen LogP contribution is 1.98. The van der Waals surface area contributed by atoms with Gasteiger partial charge in [-0.05, 0) is 18.8 Å². The molecule has 0 heterocycles. The van der Waals surface area contributed by atoms with Crippen LogP contribution in [0.1, 0.15) is 53.9 Å². The van der Waals surface area contributed by atoms with Gasteiger partial charge >= 0.3 is 0 Å². The molecule has 22 heavy (non-hydrogen) atoms. The summed E-state index contributed by atoms with van der Waals surface area (Å²) in [4.78, 5) is 9.85. The Hall–Kier alpha value is -1.05. The highest BCUT2D eigenvalue weighted by Gasteiger charge is 1.93. The van der Waals surface area contributed by atoms with E-state index >= 15 is 0 Å². The minimum atomic E-state index is 0.543. The lowest BCUT2D eigenvalue weighted by atomic mass is 10.1. The molecule has 1 N–H and O–H groups in total. The zero-order valence-electron chi connectivity index (χ0n) is 15.1. The fourth-order valence-electron chi connectivity index (χ4n) is 1.23. The van der Waals surface area contributed by atoms with Gasteiger partial charge in [0.1, 0.15) is 0 Å². The quantitative estimate of drug-likeness (QED) is 0.362. The minimum absolute atomic E-state index is 0.543. The Bertz CT molecular complexity index is 280. The van der Waals surface area contributed by atoms with Crippen molar-refractivity contribution in [3.8, 4) is 11.8 Å². The van der Waals surface area contributed by atoms with Gasteiger partial charge in [-0.2, -0.15) is 0 Å². The first kappa shape index (κ1) is 23.2. The Morgan fingerprint density at radius 2 is 1.68 bits per heavy atom. The van der Waals surface area contributed by atoms with E-state index in [1.165, 1.54) is 6.42 Å². The summed E-state index contributed by atoms with van der Waals surface area (Å²) in [5, 5.41) is 2.52. The second-order valence-electron chi connectivity index (χ2n) is 5.71. The number of carbonyl (C=O) groups excluding carboxylic acids is 1. The fourth-order valence-corrected chi connectivity index (χ4v) is 1.23. The van der Waals surface area contributed by atoms with Crippen molar-refractivity contribution in [3.63, 3.8) is 0 Å². The molecule has 4 heteroatoms. The van der Waals surface area contributed by atoms with Crippen LogP contribution in [-0.2, 0) is 14.3 Å². The third-order valence-corrected chi connectivity index (χ3v) is 2.45. The molecule has 130 valence electrons. The number of nitrogens with one attached hydrogen (secondary N) is 1. The van der Waals surface area contributed by atoms with E-state index < -0.39 is 0 Å². The fraction of sp³-hybridized carbons (Fsp3) is 0.833. The van der Waals surface area contributed by atoms with Gasteiger partial charge in [-0.1, -0.05) is 34.6 Å². The normalized spacial score (nSPS) is 9.77. The van der Waals surface area contributed by atoms with Gasteiger partial charge in [-0.3, -0.25) is 4.79 Å².